The molecule has 1 aromatic carbocycles. The number of carbonyl (C=O) groups is 1. The monoisotopic (exact) mass is 333 g/mol. The van der Waals surface area contributed by atoms with E-state index in [4.69, 9.17) is 5.73 Å². The van der Waals surface area contributed by atoms with Crippen molar-refractivity contribution >= 4 is 22.4 Å². The molecule has 0 radical (unpaired) electrons. The van der Waals surface area contributed by atoms with Gasteiger partial charge in [0.1, 0.15) is 10.7 Å². The number of alkyl halides is 3. The van der Waals surface area contributed by atoms with Crippen LogP contribution in [0.5, 0.6) is 0 Å². The Kier molecular flexibility index (Phi) is 4.36. The Labute approximate surface area is 127 Å². The highest BCUT2D eigenvalue weighted by atomic mass is 32.1. The highest BCUT2D eigenvalue weighted by Crippen LogP contribution is 2.35. The molecule has 1 heterocycles. The third-order valence-corrected chi connectivity index (χ3v) is 3.65. The van der Waals surface area contributed by atoms with Crippen LogP contribution in [0.25, 0.3) is 0 Å². The minimum Gasteiger partial charge on any atom is -0.375 e. The lowest BCUT2D eigenvalue weighted by Gasteiger charge is -2.08. The van der Waals surface area contributed by atoms with Gasteiger partial charge < -0.3 is 11.1 Å². The molecule has 0 saturated carbocycles. The number of thiazole rings is 1. The summed E-state index contributed by atoms with van der Waals surface area (Å²) in [5, 5.41) is 1.88. The number of anilines is 1. The van der Waals surface area contributed by atoms with Crippen LogP contribution in [0.4, 0.5) is 22.7 Å². The first kappa shape index (κ1) is 16.2. The minimum atomic E-state index is -4.78. The summed E-state index contributed by atoms with van der Waals surface area (Å²) >= 11 is 0.432. The van der Waals surface area contributed by atoms with Gasteiger partial charge in [0, 0.05) is 12.1 Å². The summed E-state index contributed by atoms with van der Waals surface area (Å²) < 4.78 is 51.8. The number of nitrogen functional groups attached to an aromatic ring is 1. The van der Waals surface area contributed by atoms with Crippen LogP contribution in [0.15, 0.2) is 18.2 Å². The van der Waals surface area contributed by atoms with Gasteiger partial charge in [0.25, 0.3) is 5.91 Å². The molecule has 0 aliphatic heterocycles. The standard InChI is InChI=1S/C13H11F4N3OS/c1-6-2-3-7(8(14)4-6)5-19-11(21)9-10(13(15,16)17)20-12(18)22-9/h2-4H,5H2,1H3,(H2,18,20)(H,19,21). The van der Waals surface area contributed by atoms with E-state index in [0.29, 0.717) is 16.9 Å². The third kappa shape index (κ3) is 3.53. The summed E-state index contributed by atoms with van der Waals surface area (Å²) in [4.78, 5) is 14.3. The molecule has 1 amide bonds. The van der Waals surface area contributed by atoms with Crippen LogP contribution in [0.1, 0.15) is 26.5 Å². The average molecular weight is 333 g/mol. The molecule has 1 aromatic heterocycles. The molecule has 0 bridgehead atoms. The van der Waals surface area contributed by atoms with Crippen molar-refractivity contribution in [3.05, 3.63) is 45.7 Å². The molecule has 2 aromatic rings. The van der Waals surface area contributed by atoms with Crippen molar-refractivity contribution in [1.82, 2.24) is 10.3 Å². The van der Waals surface area contributed by atoms with E-state index in [1.165, 1.54) is 12.1 Å². The van der Waals surface area contributed by atoms with Crippen molar-refractivity contribution in [2.45, 2.75) is 19.6 Å². The fourth-order valence-corrected chi connectivity index (χ4v) is 2.50. The van der Waals surface area contributed by atoms with Gasteiger partial charge in [-0.1, -0.05) is 23.5 Å². The second-order valence-electron chi connectivity index (χ2n) is 4.51. The van der Waals surface area contributed by atoms with E-state index >= 15 is 0 Å². The molecule has 0 aliphatic carbocycles. The van der Waals surface area contributed by atoms with Gasteiger partial charge in [-0.3, -0.25) is 4.79 Å². The van der Waals surface area contributed by atoms with Gasteiger partial charge in [0.2, 0.25) is 0 Å². The molecule has 0 saturated heterocycles. The molecular weight excluding hydrogens is 322 g/mol. The zero-order chi connectivity index (χ0) is 16.5. The Morgan fingerprint density at radius 3 is 2.68 bits per heavy atom. The summed E-state index contributed by atoms with van der Waals surface area (Å²) in [6.45, 7) is 1.46. The summed E-state index contributed by atoms with van der Waals surface area (Å²) in [6.07, 6.45) is -4.78. The fraction of sp³-hybridized carbons (Fsp3) is 0.231. The number of aryl methyl sites for hydroxylation is 1. The predicted molar refractivity (Wildman–Crippen MR) is 73.8 cm³/mol. The van der Waals surface area contributed by atoms with Crippen molar-refractivity contribution in [1.29, 1.82) is 0 Å². The average Bonchev–Trinajstić information content (AvgIpc) is 2.79. The number of benzene rings is 1. The zero-order valence-electron chi connectivity index (χ0n) is 11.3. The van der Waals surface area contributed by atoms with Gasteiger partial charge in [-0.05, 0) is 18.6 Å². The Hall–Kier alpha value is -2.16. The SMILES string of the molecule is Cc1ccc(CNC(=O)c2sc(N)nc2C(F)(F)F)c(F)c1. The quantitative estimate of drug-likeness (QED) is 0.848. The molecule has 118 valence electrons. The summed E-state index contributed by atoms with van der Waals surface area (Å²) in [7, 11) is 0. The smallest absolute Gasteiger partial charge is 0.375 e. The van der Waals surface area contributed by atoms with E-state index in [2.05, 4.69) is 10.3 Å². The molecule has 4 nitrogen and oxygen atoms in total. The number of nitrogens with two attached hydrogens (primary N) is 1. The maximum atomic E-state index is 13.6. The van der Waals surface area contributed by atoms with E-state index in [0.717, 1.165) is 0 Å². The largest absolute Gasteiger partial charge is 0.435 e. The van der Waals surface area contributed by atoms with Gasteiger partial charge in [-0.2, -0.15) is 13.2 Å². The molecule has 0 aliphatic rings. The van der Waals surface area contributed by atoms with Gasteiger partial charge >= 0.3 is 6.18 Å². The fourth-order valence-electron chi connectivity index (χ4n) is 1.73. The van der Waals surface area contributed by atoms with Gasteiger partial charge in [-0.25, -0.2) is 9.37 Å². The van der Waals surface area contributed by atoms with Gasteiger partial charge in [-0.15, -0.1) is 0 Å². The maximum absolute atomic E-state index is 13.6. The Bertz CT molecular complexity index is 712. The number of hydrogen-bond donors (Lipinski definition) is 2. The van der Waals surface area contributed by atoms with Crippen LogP contribution in [0, 0.1) is 12.7 Å². The van der Waals surface area contributed by atoms with E-state index in [1.54, 1.807) is 13.0 Å². The van der Waals surface area contributed by atoms with Crippen molar-refractivity contribution in [2.75, 3.05) is 5.73 Å². The van der Waals surface area contributed by atoms with Crippen LogP contribution in [-0.4, -0.2) is 10.9 Å². The molecule has 22 heavy (non-hydrogen) atoms. The second-order valence-corrected chi connectivity index (χ2v) is 5.54. The molecule has 9 heteroatoms. The first-order chi connectivity index (χ1) is 10.2. The third-order valence-electron chi connectivity index (χ3n) is 2.77. The lowest BCUT2D eigenvalue weighted by atomic mass is 10.1. The lowest BCUT2D eigenvalue weighted by molar-refractivity contribution is -0.141. The summed E-state index contributed by atoms with van der Waals surface area (Å²) in [6, 6.07) is 4.36. The Balaban J connectivity index is 2.16. The highest BCUT2D eigenvalue weighted by molar-refractivity contribution is 7.17. The Morgan fingerprint density at radius 1 is 1.41 bits per heavy atom. The maximum Gasteiger partial charge on any atom is 0.435 e. The van der Waals surface area contributed by atoms with Crippen LogP contribution in [0.3, 0.4) is 0 Å². The lowest BCUT2D eigenvalue weighted by Crippen LogP contribution is -2.25. The molecule has 2 rings (SSSR count). The Morgan fingerprint density at radius 2 is 2.09 bits per heavy atom. The van der Waals surface area contributed by atoms with Crippen LogP contribution >= 0.6 is 11.3 Å². The van der Waals surface area contributed by atoms with Crippen molar-refractivity contribution in [3.8, 4) is 0 Å². The number of halogens is 4. The molecule has 0 spiro atoms. The number of amides is 1. The number of hydrogen-bond acceptors (Lipinski definition) is 4. The molecular formula is C13H11F4N3OS. The number of rotatable bonds is 3. The van der Waals surface area contributed by atoms with Gasteiger partial charge in [0.15, 0.2) is 10.8 Å². The van der Waals surface area contributed by atoms with E-state index in [1.807, 2.05) is 0 Å². The first-order valence-corrected chi connectivity index (χ1v) is 6.87. The number of nitrogens with zero attached hydrogens (tertiary/aromatic N) is 1. The summed E-state index contributed by atoms with van der Waals surface area (Å²) in [5.74, 6) is -1.54. The van der Waals surface area contributed by atoms with E-state index in [9.17, 15) is 22.4 Å². The second kappa shape index (κ2) is 5.91. The number of aromatic nitrogens is 1. The van der Waals surface area contributed by atoms with Crippen LogP contribution in [-0.2, 0) is 12.7 Å². The van der Waals surface area contributed by atoms with Crippen LogP contribution in [0.2, 0.25) is 0 Å². The van der Waals surface area contributed by atoms with Crippen LogP contribution < -0.4 is 11.1 Å². The van der Waals surface area contributed by atoms with Crippen molar-refractivity contribution in [3.63, 3.8) is 0 Å². The van der Waals surface area contributed by atoms with E-state index < -0.39 is 28.5 Å². The zero-order valence-corrected chi connectivity index (χ0v) is 12.1. The summed E-state index contributed by atoms with van der Waals surface area (Å²) in [5.41, 5.74) is 4.76. The number of nitrogens with one attached hydrogen (secondary N) is 1. The molecule has 0 fully saturated rings. The molecule has 0 atom stereocenters. The number of carbonyl (C=O) groups excluding carboxylic acids is 1. The topological polar surface area (TPSA) is 68.0 Å². The highest BCUT2D eigenvalue weighted by Gasteiger charge is 2.39. The van der Waals surface area contributed by atoms with Crippen molar-refractivity contribution < 1.29 is 22.4 Å². The minimum absolute atomic E-state index is 0.171. The normalized spacial score (nSPS) is 11.5. The molecule has 3 N–H and O–H groups in total. The molecule has 0 unspecified atom stereocenters. The first-order valence-electron chi connectivity index (χ1n) is 6.05. The van der Waals surface area contributed by atoms with Gasteiger partial charge in [0.05, 0.1) is 0 Å². The predicted octanol–water partition coefficient (Wildman–Crippen LogP) is 3.12. The van der Waals surface area contributed by atoms with E-state index in [-0.39, 0.29) is 17.2 Å². The van der Waals surface area contributed by atoms with Crippen molar-refractivity contribution in [2.24, 2.45) is 0 Å².